The van der Waals surface area contributed by atoms with Crippen LogP contribution in [0.2, 0.25) is 0 Å². The van der Waals surface area contributed by atoms with Gasteiger partial charge in [0.15, 0.2) is 0 Å². The van der Waals surface area contributed by atoms with Gasteiger partial charge in [-0.3, -0.25) is 4.79 Å². The maximum Gasteiger partial charge on any atom is 0.303 e. The zero-order chi connectivity index (χ0) is 10.9. The second kappa shape index (κ2) is 3.78. The quantitative estimate of drug-likeness (QED) is 0.751. The number of nitrogens with two attached hydrogens (primary N) is 1. The van der Waals surface area contributed by atoms with E-state index in [9.17, 15) is 4.79 Å². The average Bonchev–Trinajstić information content (AvgIpc) is 2.97. The van der Waals surface area contributed by atoms with Gasteiger partial charge in [-0.1, -0.05) is 19.3 Å². The molecule has 1 unspecified atom stereocenters. The molecule has 2 saturated carbocycles. The molecular formula is C12H21NO2. The van der Waals surface area contributed by atoms with Crippen LogP contribution in [0, 0.1) is 10.8 Å². The SMILES string of the molecule is NCC1(CC(=O)O)CCCCCC12CC2. The van der Waals surface area contributed by atoms with Gasteiger partial charge in [-0.05, 0) is 43.1 Å². The molecule has 3 heteroatoms. The van der Waals surface area contributed by atoms with Crippen molar-refractivity contribution in [3.05, 3.63) is 0 Å². The number of carboxylic acid groups (broad SMARTS) is 1. The molecule has 86 valence electrons. The van der Waals surface area contributed by atoms with Crippen LogP contribution in [0.4, 0.5) is 0 Å². The first kappa shape index (κ1) is 10.9. The van der Waals surface area contributed by atoms with Crippen LogP contribution in [0.15, 0.2) is 0 Å². The molecule has 0 aliphatic heterocycles. The molecule has 3 N–H and O–H groups in total. The molecule has 0 bridgehead atoms. The summed E-state index contributed by atoms with van der Waals surface area (Å²) in [5.74, 6) is -0.673. The molecule has 0 aromatic heterocycles. The highest BCUT2D eigenvalue weighted by Gasteiger charge is 2.58. The molecule has 0 radical (unpaired) electrons. The third-order valence-corrected chi connectivity index (χ3v) is 4.67. The van der Waals surface area contributed by atoms with E-state index in [4.69, 9.17) is 10.8 Å². The Hall–Kier alpha value is -0.570. The molecule has 2 fully saturated rings. The van der Waals surface area contributed by atoms with E-state index >= 15 is 0 Å². The van der Waals surface area contributed by atoms with E-state index in [-0.39, 0.29) is 11.8 Å². The van der Waals surface area contributed by atoms with Gasteiger partial charge in [-0.25, -0.2) is 0 Å². The summed E-state index contributed by atoms with van der Waals surface area (Å²) in [6, 6.07) is 0. The van der Waals surface area contributed by atoms with E-state index in [1.165, 1.54) is 32.1 Å². The van der Waals surface area contributed by atoms with Crippen molar-refractivity contribution in [2.24, 2.45) is 16.6 Å². The van der Waals surface area contributed by atoms with Gasteiger partial charge in [0, 0.05) is 0 Å². The maximum atomic E-state index is 11.0. The molecular weight excluding hydrogens is 190 g/mol. The highest BCUT2D eigenvalue weighted by Crippen LogP contribution is 2.65. The van der Waals surface area contributed by atoms with Gasteiger partial charge in [0.2, 0.25) is 0 Å². The Morgan fingerprint density at radius 2 is 1.80 bits per heavy atom. The Labute approximate surface area is 91.0 Å². The summed E-state index contributed by atoms with van der Waals surface area (Å²) < 4.78 is 0. The summed E-state index contributed by atoms with van der Waals surface area (Å²) in [5, 5.41) is 9.06. The number of rotatable bonds is 3. The van der Waals surface area contributed by atoms with Gasteiger partial charge < -0.3 is 10.8 Å². The first-order valence-corrected chi connectivity index (χ1v) is 6.06. The van der Waals surface area contributed by atoms with Crippen LogP contribution in [0.25, 0.3) is 0 Å². The Morgan fingerprint density at radius 1 is 1.13 bits per heavy atom. The summed E-state index contributed by atoms with van der Waals surface area (Å²) in [6.07, 6.45) is 8.60. The smallest absolute Gasteiger partial charge is 0.303 e. The Morgan fingerprint density at radius 3 is 2.33 bits per heavy atom. The van der Waals surface area contributed by atoms with E-state index in [0.29, 0.717) is 12.0 Å². The molecule has 0 aromatic carbocycles. The second-order valence-corrected chi connectivity index (χ2v) is 5.40. The average molecular weight is 211 g/mol. The number of hydrogen-bond acceptors (Lipinski definition) is 2. The third kappa shape index (κ3) is 1.78. The van der Waals surface area contributed by atoms with Gasteiger partial charge in [-0.2, -0.15) is 0 Å². The van der Waals surface area contributed by atoms with Crippen LogP contribution in [-0.2, 0) is 4.79 Å². The molecule has 3 nitrogen and oxygen atoms in total. The highest BCUT2D eigenvalue weighted by molar-refractivity contribution is 5.68. The van der Waals surface area contributed by atoms with E-state index in [2.05, 4.69) is 0 Å². The Balaban J connectivity index is 2.21. The lowest BCUT2D eigenvalue weighted by molar-refractivity contribution is -0.141. The zero-order valence-corrected chi connectivity index (χ0v) is 9.30. The first-order valence-electron chi connectivity index (χ1n) is 6.06. The minimum Gasteiger partial charge on any atom is -0.481 e. The molecule has 0 saturated heterocycles. The minimum absolute atomic E-state index is 0.0880. The predicted molar refractivity (Wildman–Crippen MR) is 58.5 cm³/mol. The topological polar surface area (TPSA) is 63.3 Å². The van der Waals surface area contributed by atoms with Gasteiger partial charge in [0.1, 0.15) is 0 Å². The molecule has 0 heterocycles. The Kier molecular flexibility index (Phi) is 2.75. The molecule has 2 aliphatic rings. The molecule has 2 rings (SSSR count). The summed E-state index contributed by atoms with van der Waals surface area (Å²) in [5.41, 5.74) is 6.12. The van der Waals surface area contributed by atoms with Crippen molar-refractivity contribution in [2.45, 2.75) is 51.4 Å². The standard InChI is InChI=1S/C12H21NO2/c13-9-12(8-10(14)15)5-3-1-2-4-11(12)6-7-11/h1-9,13H2,(H,14,15). The van der Waals surface area contributed by atoms with Gasteiger partial charge >= 0.3 is 5.97 Å². The maximum absolute atomic E-state index is 11.0. The van der Waals surface area contributed by atoms with Crippen molar-refractivity contribution in [3.8, 4) is 0 Å². The van der Waals surface area contributed by atoms with Crippen molar-refractivity contribution < 1.29 is 9.90 Å². The zero-order valence-electron chi connectivity index (χ0n) is 9.30. The molecule has 0 amide bonds. The van der Waals surface area contributed by atoms with E-state index in [1.807, 2.05) is 0 Å². The number of aliphatic carboxylic acids is 1. The fraction of sp³-hybridized carbons (Fsp3) is 0.917. The van der Waals surface area contributed by atoms with Crippen LogP contribution in [0.3, 0.4) is 0 Å². The molecule has 0 aromatic rings. The second-order valence-electron chi connectivity index (χ2n) is 5.40. The van der Waals surface area contributed by atoms with Crippen molar-refractivity contribution in [3.63, 3.8) is 0 Å². The number of carbonyl (C=O) groups is 1. The molecule has 2 aliphatic carbocycles. The minimum atomic E-state index is -0.673. The van der Waals surface area contributed by atoms with Crippen LogP contribution < -0.4 is 5.73 Å². The van der Waals surface area contributed by atoms with Crippen LogP contribution in [0.1, 0.15) is 51.4 Å². The lowest BCUT2D eigenvalue weighted by Crippen LogP contribution is -2.40. The summed E-state index contributed by atoms with van der Waals surface area (Å²) in [4.78, 5) is 11.0. The summed E-state index contributed by atoms with van der Waals surface area (Å²) in [7, 11) is 0. The van der Waals surface area contributed by atoms with Crippen LogP contribution >= 0.6 is 0 Å². The lowest BCUT2D eigenvalue weighted by atomic mass is 9.67. The highest BCUT2D eigenvalue weighted by atomic mass is 16.4. The lowest BCUT2D eigenvalue weighted by Gasteiger charge is -2.38. The largest absolute Gasteiger partial charge is 0.481 e. The van der Waals surface area contributed by atoms with Gasteiger partial charge in [0.05, 0.1) is 6.42 Å². The fourth-order valence-corrected chi connectivity index (χ4v) is 3.52. The molecule has 1 spiro atoms. The number of hydrogen-bond donors (Lipinski definition) is 2. The van der Waals surface area contributed by atoms with Crippen LogP contribution in [0.5, 0.6) is 0 Å². The van der Waals surface area contributed by atoms with Crippen molar-refractivity contribution in [2.75, 3.05) is 6.54 Å². The fourth-order valence-electron chi connectivity index (χ4n) is 3.52. The number of carboxylic acids is 1. The van der Waals surface area contributed by atoms with Gasteiger partial charge in [0.25, 0.3) is 0 Å². The molecule has 15 heavy (non-hydrogen) atoms. The van der Waals surface area contributed by atoms with Crippen molar-refractivity contribution in [1.29, 1.82) is 0 Å². The Bertz CT molecular complexity index is 260. The van der Waals surface area contributed by atoms with E-state index < -0.39 is 5.97 Å². The van der Waals surface area contributed by atoms with E-state index in [1.54, 1.807) is 0 Å². The van der Waals surface area contributed by atoms with Gasteiger partial charge in [-0.15, -0.1) is 0 Å². The normalized spacial score (nSPS) is 33.7. The van der Waals surface area contributed by atoms with Crippen molar-refractivity contribution >= 4 is 5.97 Å². The summed E-state index contributed by atoms with van der Waals surface area (Å²) >= 11 is 0. The van der Waals surface area contributed by atoms with Crippen molar-refractivity contribution in [1.82, 2.24) is 0 Å². The first-order chi connectivity index (χ1) is 7.14. The third-order valence-electron chi connectivity index (χ3n) is 4.67. The molecule has 1 atom stereocenters. The van der Waals surface area contributed by atoms with Crippen LogP contribution in [-0.4, -0.2) is 17.6 Å². The van der Waals surface area contributed by atoms with E-state index in [0.717, 1.165) is 12.8 Å². The predicted octanol–water partition coefficient (Wildman–Crippen LogP) is 2.15. The summed E-state index contributed by atoms with van der Waals surface area (Å²) in [6.45, 7) is 0.555. The monoisotopic (exact) mass is 211 g/mol.